The Kier molecular flexibility index (Phi) is 3.62. The number of halogens is 1. The molecule has 0 amide bonds. The molecule has 0 spiro atoms. The highest BCUT2D eigenvalue weighted by molar-refractivity contribution is 5.85. The molecule has 4 nitrogen and oxygen atoms in total. The van der Waals surface area contributed by atoms with Crippen molar-refractivity contribution in [1.29, 1.82) is 0 Å². The quantitative estimate of drug-likeness (QED) is 0.820. The molecule has 0 fully saturated rings. The van der Waals surface area contributed by atoms with E-state index >= 15 is 0 Å². The van der Waals surface area contributed by atoms with Crippen molar-refractivity contribution in [3.8, 4) is 11.4 Å². The molecular weight excluding hydrogens is 202 g/mol. The van der Waals surface area contributed by atoms with Gasteiger partial charge < -0.3 is 10.3 Å². The first-order chi connectivity index (χ1) is 6.40. The van der Waals surface area contributed by atoms with Crippen molar-refractivity contribution in [1.82, 2.24) is 10.1 Å². The first kappa shape index (κ1) is 10.7. The van der Waals surface area contributed by atoms with Crippen LogP contribution < -0.4 is 5.73 Å². The molecule has 1 aromatic carbocycles. The van der Waals surface area contributed by atoms with E-state index in [9.17, 15) is 0 Å². The van der Waals surface area contributed by atoms with E-state index in [4.69, 9.17) is 10.3 Å². The van der Waals surface area contributed by atoms with Gasteiger partial charge in [0, 0.05) is 5.56 Å². The van der Waals surface area contributed by atoms with Crippen LogP contribution in [0, 0.1) is 0 Å². The average molecular weight is 212 g/mol. The average Bonchev–Trinajstić information content (AvgIpc) is 2.67. The molecule has 0 bridgehead atoms. The molecule has 0 unspecified atom stereocenters. The Hall–Kier alpha value is -1.39. The van der Waals surface area contributed by atoms with E-state index in [0.29, 0.717) is 11.7 Å². The molecular formula is C9H10ClN3O. The van der Waals surface area contributed by atoms with E-state index < -0.39 is 0 Å². The van der Waals surface area contributed by atoms with Crippen molar-refractivity contribution < 1.29 is 4.52 Å². The highest BCUT2D eigenvalue weighted by atomic mass is 35.5. The predicted octanol–water partition coefficient (Wildman–Crippen LogP) is 1.62. The molecule has 0 aliphatic heterocycles. The third-order valence-electron chi connectivity index (χ3n) is 1.67. The maximum absolute atomic E-state index is 5.34. The second kappa shape index (κ2) is 4.74. The van der Waals surface area contributed by atoms with Crippen LogP contribution in [0.1, 0.15) is 5.89 Å². The van der Waals surface area contributed by atoms with Crippen molar-refractivity contribution in [3.63, 3.8) is 0 Å². The van der Waals surface area contributed by atoms with Gasteiger partial charge in [-0.15, -0.1) is 12.4 Å². The molecule has 0 radical (unpaired) electrons. The Morgan fingerprint density at radius 2 is 1.93 bits per heavy atom. The van der Waals surface area contributed by atoms with Crippen molar-refractivity contribution in [3.05, 3.63) is 36.2 Å². The fourth-order valence-electron chi connectivity index (χ4n) is 1.04. The Bertz CT molecular complexity index is 388. The number of nitrogens with zero attached hydrogens (tertiary/aromatic N) is 2. The first-order valence-electron chi connectivity index (χ1n) is 3.98. The number of nitrogens with two attached hydrogens (primary N) is 1. The summed E-state index contributed by atoms with van der Waals surface area (Å²) in [5, 5.41) is 3.79. The standard InChI is InChI=1S/C9H9N3O.ClH/c10-6-8-11-9(12-13-8)7-4-2-1-3-5-7;/h1-5H,6,10H2;1H. The van der Waals surface area contributed by atoms with E-state index in [-0.39, 0.29) is 19.0 Å². The smallest absolute Gasteiger partial charge is 0.240 e. The molecule has 0 atom stereocenters. The second-order valence-electron chi connectivity index (χ2n) is 2.58. The van der Waals surface area contributed by atoms with Gasteiger partial charge in [0.2, 0.25) is 11.7 Å². The highest BCUT2D eigenvalue weighted by Crippen LogP contribution is 2.13. The topological polar surface area (TPSA) is 64.9 Å². The van der Waals surface area contributed by atoms with Crippen molar-refractivity contribution >= 4 is 12.4 Å². The lowest BCUT2D eigenvalue weighted by molar-refractivity contribution is 0.380. The molecule has 14 heavy (non-hydrogen) atoms. The largest absolute Gasteiger partial charge is 0.338 e. The summed E-state index contributed by atoms with van der Waals surface area (Å²) < 4.78 is 4.88. The fourth-order valence-corrected chi connectivity index (χ4v) is 1.04. The zero-order valence-corrected chi connectivity index (χ0v) is 8.20. The maximum Gasteiger partial charge on any atom is 0.240 e. The number of rotatable bonds is 2. The van der Waals surface area contributed by atoms with Crippen LogP contribution in [0.15, 0.2) is 34.9 Å². The number of aromatic nitrogens is 2. The second-order valence-corrected chi connectivity index (χ2v) is 2.58. The zero-order valence-electron chi connectivity index (χ0n) is 7.38. The van der Waals surface area contributed by atoms with E-state index in [1.807, 2.05) is 30.3 Å². The molecule has 0 saturated heterocycles. The third kappa shape index (κ3) is 2.10. The van der Waals surface area contributed by atoms with E-state index in [2.05, 4.69) is 10.1 Å². The summed E-state index contributed by atoms with van der Waals surface area (Å²) in [5.41, 5.74) is 6.28. The molecule has 2 aromatic rings. The molecule has 74 valence electrons. The lowest BCUT2D eigenvalue weighted by Crippen LogP contribution is -1.95. The lowest BCUT2D eigenvalue weighted by Gasteiger charge is -1.89. The van der Waals surface area contributed by atoms with Crippen LogP contribution in [0.3, 0.4) is 0 Å². The van der Waals surface area contributed by atoms with Crippen LogP contribution in [0.4, 0.5) is 0 Å². The number of hydrogen-bond acceptors (Lipinski definition) is 4. The molecule has 0 aliphatic carbocycles. The predicted molar refractivity (Wildman–Crippen MR) is 54.9 cm³/mol. The summed E-state index contributed by atoms with van der Waals surface area (Å²) >= 11 is 0. The third-order valence-corrected chi connectivity index (χ3v) is 1.67. The van der Waals surface area contributed by atoms with E-state index in [0.717, 1.165) is 5.56 Å². The zero-order chi connectivity index (χ0) is 9.10. The lowest BCUT2D eigenvalue weighted by atomic mass is 10.2. The van der Waals surface area contributed by atoms with Gasteiger partial charge in [-0.2, -0.15) is 4.98 Å². The molecule has 1 aromatic heterocycles. The summed E-state index contributed by atoms with van der Waals surface area (Å²) in [6.45, 7) is 0.278. The van der Waals surface area contributed by atoms with Gasteiger partial charge in [-0.3, -0.25) is 0 Å². The van der Waals surface area contributed by atoms with E-state index in [1.54, 1.807) is 0 Å². The van der Waals surface area contributed by atoms with Crippen molar-refractivity contribution in [2.24, 2.45) is 5.73 Å². The summed E-state index contributed by atoms with van der Waals surface area (Å²) in [6.07, 6.45) is 0. The van der Waals surface area contributed by atoms with Crippen molar-refractivity contribution in [2.45, 2.75) is 6.54 Å². The SMILES string of the molecule is Cl.NCc1nc(-c2ccccc2)no1. The number of hydrogen-bond donors (Lipinski definition) is 1. The summed E-state index contributed by atoms with van der Waals surface area (Å²) in [5.74, 6) is 1.04. The fraction of sp³-hybridized carbons (Fsp3) is 0.111. The maximum atomic E-state index is 5.34. The van der Waals surface area contributed by atoms with Gasteiger partial charge in [-0.1, -0.05) is 35.5 Å². The highest BCUT2D eigenvalue weighted by Gasteiger charge is 2.05. The van der Waals surface area contributed by atoms with Crippen LogP contribution in [0.25, 0.3) is 11.4 Å². The summed E-state index contributed by atoms with van der Waals surface area (Å²) in [6, 6.07) is 9.63. The van der Waals surface area contributed by atoms with Crippen LogP contribution >= 0.6 is 12.4 Å². The normalized spacial score (nSPS) is 9.50. The molecule has 0 saturated carbocycles. The first-order valence-corrected chi connectivity index (χ1v) is 3.98. The van der Waals surface area contributed by atoms with Gasteiger partial charge in [0.25, 0.3) is 0 Å². The molecule has 1 heterocycles. The van der Waals surface area contributed by atoms with Crippen molar-refractivity contribution in [2.75, 3.05) is 0 Å². The van der Waals surface area contributed by atoms with Gasteiger partial charge in [-0.05, 0) is 0 Å². The minimum Gasteiger partial charge on any atom is -0.338 e. The van der Waals surface area contributed by atoms with Gasteiger partial charge in [0.15, 0.2) is 0 Å². The van der Waals surface area contributed by atoms with Crippen LogP contribution in [-0.2, 0) is 6.54 Å². The monoisotopic (exact) mass is 211 g/mol. The van der Waals surface area contributed by atoms with Gasteiger partial charge in [0.1, 0.15) is 0 Å². The van der Waals surface area contributed by atoms with Gasteiger partial charge in [0.05, 0.1) is 6.54 Å². The Morgan fingerprint density at radius 3 is 2.50 bits per heavy atom. The molecule has 2 N–H and O–H groups in total. The number of benzene rings is 1. The minimum absolute atomic E-state index is 0. The molecule has 2 rings (SSSR count). The van der Waals surface area contributed by atoms with Gasteiger partial charge >= 0.3 is 0 Å². The Balaban J connectivity index is 0.000000980. The summed E-state index contributed by atoms with van der Waals surface area (Å²) in [4.78, 5) is 4.10. The van der Waals surface area contributed by atoms with Crippen LogP contribution in [0.2, 0.25) is 0 Å². The van der Waals surface area contributed by atoms with Gasteiger partial charge in [-0.25, -0.2) is 0 Å². The summed E-state index contributed by atoms with van der Waals surface area (Å²) in [7, 11) is 0. The Labute approximate surface area is 87.5 Å². The minimum atomic E-state index is 0. The molecule has 5 heteroatoms. The van der Waals surface area contributed by atoms with E-state index in [1.165, 1.54) is 0 Å². The Morgan fingerprint density at radius 1 is 1.21 bits per heavy atom. The van der Waals surface area contributed by atoms with Crippen LogP contribution in [0.5, 0.6) is 0 Å². The van der Waals surface area contributed by atoms with Crippen LogP contribution in [-0.4, -0.2) is 10.1 Å². The molecule has 0 aliphatic rings.